The predicted molar refractivity (Wildman–Crippen MR) is 174 cm³/mol. The number of hydrogen-bond donors (Lipinski definition) is 2. The van der Waals surface area contributed by atoms with Crippen molar-refractivity contribution in [2.45, 2.75) is 109 Å². The summed E-state index contributed by atoms with van der Waals surface area (Å²) >= 11 is 0. The van der Waals surface area contributed by atoms with E-state index < -0.39 is 28.7 Å². The molecule has 0 spiro atoms. The summed E-state index contributed by atoms with van der Waals surface area (Å²) in [5.41, 5.74) is -2.26. The monoisotopic (exact) mass is 600 g/mol. The Labute approximate surface area is 261 Å². The molecule has 2 N–H and O–H groups in total. The van der Waals surface area contributed by atoms with Crippen LogP contribution in [0.5, 0.6) is 0 Å². The first-order valence-corrected chi connectivity index (χ1v) is 16.0. The average Bonchev–Trinajstić information content (AvgIpc) is 2.85. The number of esters is 2. The van der Waals surface area contributed by atoms with E-state index in [0.29, 0.717) is 12.8 Å². The first kappa shape index (κ1) is 36.7. The fourth-order valence-electron chi connectivity index (χ4n) is 6.94. The van der Waals surface area contributed by atoms with Crippen molar-refractivity contribution in [1.29, 1.82) is 0 Å². The van der Waals surface area contributed by atoms with Crippen LogP contribution in [0.3, 0.4) is 0 Å². The normalized spacial score (nSPS) is 27.3. The van der Waals surface area contributed by atoms with E-state index in [1.54, 1.807) is 12.2 Å². The Morgan fingerprint density at radius 3 is 1.35 bits per heavy atom. The zero-order valence-electron chi connectivity index (χ0n) is 29.3. The number of aliphatic hydroxyl groups is 2. The maximum atomic E-state index is 13.7. The van der Waals surface area contributed by atoms with Gasteiger partial charge in [-0.3, -0.25) is 9.59 Å². The third-order valence-electron chi connectivity index (χ3n) is 9.87. The van der Waals surface area contributed by atoms with Gasteiger partial charge in [-0.25, -0.2) is 0 Å². The second-order valence-corrected chi connectivity index (χ2v) is 17.0. The lowest BCUT2D eigenvalue weighted by molar-refractivity contribution is -0.170. The minimum atomic E-state index is -1.04. The topological polar surface area (TPSA) is 93.1 Å². The van der Waals surface area contributed by atoms with Crippen molar-refractivity contribution in [3.05, 3.63) is 48.0 Å². The summed E-state index contributed by atoms with van der Waals surface area (Å²) in [6.07, 6.45) is 12.9. The summed E-state index contributed by atoms with van der Waals surface area (Å²) < 4.78 is 12.1. The predicted octanol–water partition coefficient (Wildman–Crippen LogP) is 9.29. The first-order chi connectivity index (χ1) is 19.4. The van der Waals surface area contributed by atoms with Gasteiger partial charge in [0.05, 0.1) is 0 Å². The number of ether oxygens (including phenoxy) is 2. The van der Waals surface area contributed by atoms with Crippen molar-refractivity contribution >= 4 is 11.9 Å². The summed E-state index contributed by atoms with van der Waals surface area (Å²) in [5.74, 6) is -1.99. The summed E-state index contributed by atoms with van der Waals surface area (Å²) in [7, 11) is 0. The molecule has 0 radical (unpaired) electrons. The van der Waals surface area contributed by atoms with Crippen molar-refractivity contribution in [2.24, 2.45) is 50.2 Å². The molecule has 0 aromatic heterocycles. The molecule has 0 amide bonds. The minimum absolute atomic E-state index is 0.0816. The Morgan fingerprint density at radius 2 is 1.07 bits per heavy atom. The van der Waals surface area contributed by atoms with Gasteiger partial charge in [0, 0.05) is 10.8 Å². The van der Waals surface area contributed by atoms with Gasteiger partial charge in [0.2, 0.25) is 0 Å². The summed E-state index contributed by atoms with van der Waals surface area (Å²) in [5, 5.41) is 20.8. The fraction of sp³-hybridized carbons (Fsp3) is 0.730. The maximum absolute atomic E-state index is 13.7. The number of allylic oxidation sites excluding steroid dienone is 4. The fourth-order valence-corrected chi connectivity index (χ4v) is 6.94. The summed E-state index contributed by atoms with van der Waals surface area (Å²) in [6.45, 7) is 27.6. The average molecular weight is 601 g/mol. The van der Waals surface area contributed by atoms with E-state index in [1.807, 2.05) is 31.2 Å². The van der Waals surface area contributed by atoms with Gasteiger partial charge in [-0.05, 0) is 64.2 Å². The summed E-state index contributed by atoms with van der Waals surface area (Å²) in [6, 6.07) is 0. The maximum Gasteiger partial charge on any atom is 0.320 e. The molecule has 0 saturated carbocycles. The molecule has 4 atom stereocenters. The molecule has 244 valence electrons. The molecule has 6 heteroatoms. The lowest BCUT2D eigenvalue weighted by atomic mass is 9.52. The van der Waals surface area contributed by atoms with Crippen molar-refractivity contribution in [3.8, 4) is 0 Å². The molecule has 6 nitrogen and oxygen atoms in total. The van der Waals surface area contributed by atoms with Crippen molar-refractivity contribution in [2.75, 3.05) is 13.2 Å². The van der Waals surface area contributed by atoms with Gasteiger partial charge in [0.15, 0.2) is 5.92 Å². The second kappa shape index (κ2) is 12.9. The van der Waals surface area contributed by atoms with Gasteiger partial charge in [-0.15, -0.1) is 0 Å². The lowest BCUT2D eigenvalue weighted by Crippen LogP contribution is -2.51. The van der Waals surface area contributed by atoms with Crippen LogP contribution in [0.1, 0.15) is 109 Å². The highest BCUT2D eigenvalue weighted by molar-refractivity contribution is 5.95. The van der Waals surface area contributed by atoms with Crippen molar-refractivity contribution < 1.29 is 29.3 Å². The number of hydrogen-bond acceptors (Lipinski definition) is 6. The molecular formula is C37H60O6. The Morgan fingerprint density at radius 1 is 0.721 bits per heavy atom. The van der Waals surface area contributed by atoms with Gasteiger partial charge >= 0.3 is 11.9 Å². The molecule has 43 heavy (non-hydrogen) atoms. The van der Waals surface area contributed by atoms with Crippen LogP contribution in [0.2, 0.25) is 0 Å². The van der Waals surface area contributed by atoms with E-state index in [9.17, 15) is 19.8 Å². The van der Waals surface area contributed by atoms with Crippen molar-refractivity contribution in [1.82, 2.24) is 0 Å². The smallest absolute Gasteiger partial charge is 0.320 e. The minimum Gasteiger partial charge on any atom is -0.508 e. The molecule has 4 unspecified atom stereocenters. The van der Waals surface area contributed by atoms with Crippen LogP contribution in [0.4, 0.5) is 0 Å². The third kappa shape index (κ3) is 7.97. The van der Waals surface area contributed by atoms with Gasteiger partial charge in [0.1, 0.15) is 24.7 Å². The molecule has 2 rings (SSSR count). The van der Waals surface area contributed by atoms with Gasteiger partial charge in [-0.2, -0.15) is 0 Å². The van der Waals surface area contributed by atoms with Gasteiger partial charge in [-0.1, -0.05) is 115 Å². The number of rotatable bonds is 9. The molecule has 0 aliphatic heterocycles. The highest BCUT2D eigenvalue weighted by Gasteiger charge is 2.53. The number of unbranched alkanes of at least 4 members (excludes halogenated alkanes) is 1. The van der Waals surface area contributed by atoms with E-state index in [2.05, 4.69) is 83.1 Å². The molecule has 0 bridgehead atoms. The quantitative estimate of drug-likeness (QED) is 0.202. The Balaban J connectivity index is 2.38. The van der Waals surface area contributed by atoms with Crippen LogP contribution < -0.4 is 0 Å². The number of carbonyl (C=O) groups is 2. The Hall–Kier alpha value is -2.50. The molecule has 2 aliphatic rings. The Kier molecular flexibility index (Phi) is 11.0. The standard InChI is InChI=1S/C37H60O6/c1-14-15-16-27(30(40)42-23-36(34(8,9)10)19-17-25(38)21-28(36)32(2,3)4)31(41)43-24-37(35(11,12)13)20-18-26(39)22-29(37)33(5,6)7/h17-22,27-29,38-39H,14-16,23-24H2,1-13H3. The van der Waals surface area contributed by atoms with E-state index >= 15 is 0 Å². The van der Waals surface area contributed by atoms with Crippen molar-refractivity contribution in [3.63, 3.8) is 0 Å². The molecule has 0 saturated heterocycles. The van der Waals surface area contributed by atoms with Crippen LogP contribution in [0.25, 0.3) is 0 Å². The second-order valence-electron chi connectivity index (χ2n) is 17.0. The van der Waals surface area contributed by atoms with Crippen LogP contribution >= 0.6 is 0 Å². The molecule has 0 aromatic carbocycles. The zero-order chi connectivity index (χ0) is 33.2. The van der Waals surface area contributed by atoms with E-state index in [-0.39, 0.29) is 58.2 Å². The summed E-state index contributed by atoms with van der Waals surface area (Å²) in [4.78, 5) is 27.5. The van der Waals surface area contributed by atoms with Crippen LogP contribution in [0, 0.1) is 50.2 Å². The molecule has 0 heterocycles. The SMILES string of the molecule is CCCCC(C(=O)OCC1(C(C)(C)C)C=CC(O)=CC1C(C)(C)C)C(=O)OCC1(C(C)(C)C)C=CC(O)=CC1C(C)(C)C. The molecule has 0 fully saturated rings. The Bertz CT molecular complexity index is 1040. The van der Waals surface area contributed by atoms with E-state index in [0.717, 1.165) is 6.42 Å². The largest absolute Gasteiger partial charge is 0.508 e. The zero-order valence-corrected chi connectivity index (χ0v) is 29.3. The van der Waals surface area contributed by atoms with Gasteiger partial charge in [0.25, 0.3) is 0 Å². The highest BCUT2D eigenvalue weighted by atomic mass is 16.6. The molecule has 2 aliphatic carbocycles. The van der Waals surface area contributed by atoms with Crippen LogP contribution in [-0.2, 0) is 19.1 Å². The lowest BCUT2D eigenvalue weighted by Gasteiger charge is -2.52. The number of carbonyl (C=O) groups excluding carboxylic acids is 2. The van der Waals surface area contributed by atoms with E-state index in [4.69, 9.17) is 9.47 Å². The number of aliphatic hydroxyl groups excluding tert-OH is 2. The molecular weight excluding hydrogens is 540 g/mol. The highest BCUT2D eigenvalue weighted by Crippen LogP contribution is 2.56. The van der Waals surface area contributed by atoms with Crippen LogP contribution in [0.15, 0.2) is 48.0 Å². The van der Waals surface area contributed by atoms with E-state index in [1.165, 1.54) is 0 Å². The van der Waals surface area contributed by atoms with Gasteiger partial charge < -0.3 is 19.7 Å². The van der Waals surface area contributed by atoms with Crippen LogP contribution in [-0.4, -0.2) is 35.4 Å². The first-order valence-electron chi connectivity index (χ1n) is 16.0. The third-order valence-corrected chi connectivity index (χ3v) is 9.87. The molecule has 0 aromatic rings.